The SMILES string of the molecule is COC(=O)C[C@H](Cc1ccc(OC)cc1CN(CC(F)(F)F)C(=O)OC(C)(C)C)C(N)=O. The lowest BCUT2D eigenvalue weighted by Crippen LogP contribution is -2.42. The summed E-state index contributed by atoms with van der Waals surface area (Å²) in [5.41, 5.74) is 5.10. The van der Waals surface area contributed by atoms with Crippen molar-refractivity contribution in [1.82, 2.24) is 4.90 Å². The van der Waals surface area contributed by atoms with Gasteiger partial charge in [-0.05, 0) is 50.5 Å². The Kier molecular flexibility index (Phi) is 9.35. The van der Waals surface area contributed by atoms with E-state index in [-0.39, 0.29) is 18.4 Å². The molecule has 1 aromatic carbocycles. The third-order valence-corrected chi connectivity index (χ3v) is 4.31. The van der Waals surface area contributed by atoms with Crippen LogP contribution in [0.3, 0.4) is 0 Å². The second kappa shape index (κ2) is 11.1. The summed E-state index contributed by atoms with van der Waals surface area (Å²) in [6.07, 6.45) is -6.16. The number of amides is 2. The molecule has 8 nitrogen and oxygen atoms in total. The average molecular weight is 462 g/mol. The van der Waals surface area contributed by atoms with Crippen LogP contribution in [0.25, 0.3) is 0 Å². The number of alkyl halides is 3. The molecule has 1 aromatic rings. The van der Waals surface area contributed by atoms with Crippen LogP contribution in [-0.2, 0) is 32.0 Å². The number of nitrogens with zero attached hydrogens (tertiary/aromatic N) is 1. The Morgan fingerprint density at radius 3 is 2.19 bits per heavy atom. The van der Waals surface area contributed by atoms with Crippen LogP contribution in [0.2, 0.25) is 0 Å². The first-order chi connectivity index (χ1) is 14.6. The van der Waals surface area contributed by atoms with Gasteiger partial charge in [-0.15, -0.1) is 0 Å². The van der Waals surface area contributed by atoms with Crippen LogP contribution in [0, 0.1) is 5.92 Å². The Balaban J connectivity index is 3.31. The summed E-state index contributed by atoms with van der Waals surface area (Å²) in [6, 6.07) is 4.55. The van der Waals surface area contributed by atoms with E-state index in [9.17, 15) is 27.6 Å². The van der Waals surface area contributed by atoms with E-state index in [0.29, 0.717) is 16.2 Å². The molecule has 1 rings (SSSR count). The molecule has 2 amide bonds. The molecule has 0 saturated carbocycles. The predicted molar refractivity (Wildman–Crippen MR) is 109 cm³/mol. The van der Waals surface area contributed by atoms with E-state index >= 15 is 0 Å². The van der Waals surface area contributed by atoms with Crippen molar-refractivity contribution >= 4 is 18.0 Å². The van der Waals surface area contributed by atoms with Crippen molar-refractivity contribution in [2.75, 3.05) is 20.8 Å². The van der Waals surface area contributed by atoms with Gasteiger partial charge in [0.2, 0.25) is 5.91 Å². The molecule has 0 aromatic heterocycles. The van der Waals surface area contributed by atoms with E-state index < -0.39 is 48.8 Å². The molecule has 0 aliphatic heterocycles. The van der Waals surface area contributed by atoms with E-state index in [2.05, 4.69) is 4.74 Å². The molecule has 11 heteroatoms. The van der Waals surface area contributed by atoms with Crippen LogP contribution in [-0.4, -0.2) is 55.4 Å². The van der Waals surface area contributed by atoms with Crippen LogP contribution < -0.4 is 10.5 Å². The molecule has 0 bridgehead atoms. The van der Waals surface area contributed by atoms with Crippen molar-refractivity contribution in [2.24, 2.45) is 11.7 Å². The number of carbonyl (C=O) groups is 3. The van der Waals surface area contributed by atoms with Gasteiger partial charge >= 0.3 is 18.2 Å². The van der Waals surface area contributed by atoms with Gasteiger partial charge in [0, 0.05) is 6.54 Å². The molecule has 0 saturated heterocycles. The lowest BCUT2D eigenvalue weighted by molar-refractivity contribution is -0.145. The summed E-state index contributed by atoms with van der Waals surface area (Å²) in [4.78, 5) is 36.4. The zero-order valence-corrected chi connectivity index (χ0v) is 18.7. The van der Waals surface area contributed by atoms with Crippen LogP contribution in [0.5, 0.6) is 5.75 Å². The number of esters is 1. The third kappa shape index (κ3) is 9.44. The fourth-order valence-electron chi connectivity index (χ4n) is 2.83. The standard InChI is InChI=1S/C21H29F3N2O6/c1-20(2,3)32-19(29)26(12-21(22,23)24)11-15-9-16(30-4)7-6-13(15)8-14(18(25)28)10-17(27)31-5/h6-7,9,14H,8,10-12H2,1-5H3,(H2,25,28)/t14-/m0/s1. The van der Waals surface area contributed by atoms with Gasteiger partial charge in [0.25, 0.3) is 0 Å². The molecule has 32 heavy (non-hydrogen) atoms. The number of nitrogens with two attached hydrogens (primary N) is 1. The summed E-state index contributed by atoms with van der Waals surface area (Å²) in [5, 5.41) is 0. The Morgan fingerprint density at radius 1 is 1.09 bits per heavy atom. The first kappa shape index (κ1) is 27.1. The number of rotatable bonds is 9. The van der Waals surface area contributed by atoms with Crippen LogP contribution in [0.15, 0.2) is 18.2 Å². The van der Waals surface area contributed by atoms with Gasteiger partial charge in [-0.3, -0.25) is 14.5 Å². The van der Waals surface area contributed by atoms with Crippen LogP contribution in [0.1, 0.15) is 38.3 Å². The summed E-state index contributed by atoms with van der Waals surface area (Å²) in [5.74, 6) is -2.04. The number of ether oxygens (including phenoxy) is 3. The Morgan fingerprint density at radius 2 is 1.72 bits per heavy atom. The van der Waals surface area contributed by atoms with Crippen molar-refractivity contribution in [1.29, 1.82) is 0 Å². The molecule has 1 atom stereocenters. The predicted octanol–water partition coefficient (Wildman–Crippen LogP) is 3.20. The van der Waals surface area contributed by atoms with Crippen molar-refractivity contribution in [3.63, 3.8) is 0 Å². The van der Waals surface area contributed by atoms with E-state index in [1.54, 1.807) is 12.1 Å². The summed E-state index contributed by atoms with van der Waals surface area (Å²) in [6.45, 7) is 2.61. The molecule has 2 N–H and O–H groups in total. The second-order valence-electron chi connectivity index (χ2n) is 8.17. The maximum absolute atomic E-state index is 13.2. The topological polar surface area (TPSA) is 108 Å². The molecule has 0 aliphatic carbocycles. The van der Waals surface area contributed by atoms with E-state index in [0.717, 1.165) is 7.11 Å². The quantitative estimate of drug-likeness (QED) is 0.565. The highest BCUT2D eigenvalue weighted by Gasteiger charge is 2.35. The average Bonchev–Trinajstić information content (AvgIpc) is 2.65. The van der Waals surface area contributed by atoms with Gasteiger partial charge in [-0.2, -0.15) is 13.2 Å². The zero-order chi connectivity index (χ0) is 24.7. The van der Waals surface area contributed by atoms with E-state index in [1.165, 1.54) is 33.9 Å². The molecule has 0 fully saturated rings. The molecule has 180 valence electrons. The monoisotopic (exact) mass is 462 g/mol. The number of carbonyl (C=O) groups excluding carboxylic acids is 3. The second-order valence-corrected chi connectivity index (χ2v) is 8.17. The number of halogens is 3. The van der Waals surface area contributed by atoms with Crippen molar-refractivity contribution in [3.05, 3.63) is 29.3 Å². The molecular weight excluding hydrogens is 433 g/mol. The fourth-order valence-corrected chi connectivity index (χ4v) is 2.83. The van der Waals surface area contributed by atoms with Crippen LogP contribution >= 0.6 is 0 Å². The van der Waals surface area contributed by atoms with Crippen LogP contribution in [0.4, 0.5) is 18.0 Å². The maximum atomic E-state index is 13.2. The summed E-state index contributed by atoms with van der Waals surface area (Å²) in [7, 11) is 2.54. The summed E-state index contributed by atoms with van der Waals surface area (Å²) >= 11 is 0. The number of methoxy groups -OCH3 is 2. The molecule has 0 unspecified atom stereocenters. The minimum absolute atomic E-state index is 0.0437. The number of hydrogen-bond donors (Lipinski definition) is 1. The van der Waals surface area contributed by atoms with Gasteiger partial charge in [0.15, 0.2) is 0 Å². The Bertz CT molecular complexity index is 821. The highest BCUT2D eigenvalue weighted by atomic mass is 19.4. The largest absolute Gasteiger partial charge is 0.497 e. The van der Waals surface area contributed by atoms with Crippen molar-refractivity contribution in [2.45, 2.75) is 51.9 Å². The number of hydrogen-bond acceptors (Lipinski definition) is 6. The molecular formula is C21H29F3N2O6. The first-order valence-electron chi connectivity index (χ1n) is 9.71. The third-order valence-electron chi connectivity index (χ3n) is 4.31. The highest BCUT2D eigenvalue weighted by molar-refractivity contribution is 5.82. The maximum Gasteiger partial charge on any atom is 0.410 e. The first-order valence-corrected chi connectivity index (χ1v) is 9.71. The van der Waals surface area contributed by atoms with E-state index in [4.69, 9.17) is 15.2 Å². The van der Waals surface area contributed by atoms with Crippen molar-refractivity contribution < 1.29 is 41.8 Å². The molecule has 0 heterocycles. The number of primary amides is 1. The van der Waals surface area contributed by atoms with Gasteiger partial charge in [0.1, 0.15) is 17.9 Å². The Hall–Kier alpha value is -2.98. The highest BCUT2D eigenvalue weighted by Crippen LogP contribution is 2.26. The summed E-state index contributed by atoms with van der Waals surface area (Å²) < 4.78 is 54.3. The normalized spacial score (nSPS) is 12.6. The number of benzene rings is 1. The smallest absolute Gasteiger partial charge is 0.410 e. The lowest BCUT2D eigenvalue weighted by atomic mass is 9.92. The molecule has 0 aliphatic rings. The zero-order valence-electron chi connectivity index (χ0n) is 18.7. The van der Waals surface area contributed by atoms with E-state index in [1.807, 2.05) is 0 Å². The van der Waals surface area contributed by atoms with Crippen molar-refractivity contribution in [3.8, 4) is 5.75 Å². The fraction of sp³-hybridized carbons (Fsp3) is 0.571. The Labute approximate surface area is 184 Å². The lowest BCUT2D eigenvalue weighted by Gasteiger charge is -2.29. The van der Waals surface area contributed by atoms with Gasteiger partial charge in [0.05, 0.1) is 26.6 Å². The van der Waals surface area contributed by atoms with Gasteiger partial charge in [-0.25, -0.2) is 4.79 Å². The minimum atomic E-state index is -4.67. The minimum Gasteiger partial charge on any atom is -0.497 e. The van der Waals surface area contributed by atoms with Gasteiger partial charge < -0.3 is 19.9 Å². The van der Waals surface area contributed by atoms with Gasteiger partial charge in [-0.1, -0.05) is 6.07 Å². The molecule has 0 spiro atoms. The molecule has 0 radical (unpaired) electrons.